The molecule has 0 aliphatic heterocycles. The van der Waals surface area contributed by atoms with E-state index in [-0.39, 0.29) is 5.41 Å². The molecule has 1 aromatic heterocycles. The first-order chi connectivity index (χ1) is 9.31. The Morgan fingerprint density at radius 3 is 2.45 bits per heavy atom. The van der Waals surface area contributed by atoms with Gasteiger partial charge in [-0.25, -0.2) is 9.97 Å². The summed E-state index contributed by atoms with van der Waals surface area (Å²) in [5.74, 6) is 1.61. The van der Waals surface area contributed by atoms with Gasteiger partial charge in [0.05, 0.1) is 18.4 Å². The van der Waals surface area contributed by atoms with E-state index in [1.54, 1.807) is 25.3 Å². The van der Waals surface area contributed by atoms with Gasteiger partial charge in [-0.3, -0.25) is 0 Å². The van der Waals surface area contributed by atoms with Crippen LogP contribution < -0.4 is 10.5 Å². The maximum atomic E-state index is 5.97. The lowest BCUT2D eigenvalue weighted by Gasteiger charge is -2.19. The van der Waals surface area contributed by atoms with Crippen molar-refractivity contribution in [3.8, 4) is 17.1 Å². The third kappa shape index (κ3) is 3.02. The number of anilines is 1. The first kappa shape index (κ1) is 14.6. The number of hydrogen-bond donors (Lipinski definition) is 1. The highest BCUT2D eigenvalue weighted by Gasteiger charge is 2.19. The van der Waals surface area contributed by atoms with Gasteiger partial charge in [0.1, 0.15) is 11.6 Å². The molecule has 0 spiro atoms. The Kier molecular flexibility index (Phi) is 3.86. The second-order valence-electron chi connectivity index (χ2n) is 5.60. The summed E-state index contributed by atoms with van der Waals surface area (Å²) in [5, 5.41) is 0.602. The summed E-state index contributed by atoms with van der Waals surface area (Å²) in [6.45, 7) is 6.24. The molecule has 2 N–H and O–H groups in total. The summed E-state index contributed by atoms with van der Waals surface area (Å²) >= 11 is 5.97. The summed E-state index contributed by atoms with van der Waals surface area (Å²) in [6, 6.07) is 7.15. The molecule has 0 atom stereocenters. The van der Waals surface area contributed by atoms with Crippen molar-refractivity contribution in [3.63, 3.8) is 0 Å². The largest absolute Gasteiger partial charge is 0.496 e. The number of nitrogens with two attached hydrogens (primary N) is 1. The van der Waals surface area contributed by atoms with E-state index in [0.717, 1.165) is 11.3 Å². The van der Waals surface area contributed by atoms with Crippen LogP contribution in [0, 0.1) is 0 Å². The third-order valence-electron chi connectivity index (χ3n) is 2.92. The van der Waals surface area contributed by atoms with Gasteiger partial charge < -0.3 is 10.5 Å². The van der Waals surface area contributed by atoms with Crippen LogP contribution in [0.25, 0.3) is 11.4 Å². The van der Waals surface area contributed by atoms with Crippen molar-refractivity contribution < 1.29 is 4.74 Å². The maximum Gasteiger partial charge on any atom is 0.165 e. The van der Waals surface area contributed by atoms with E-state index in [1.807, 2.05) is 6.07 Å². The van der Waals surface area contributed by atoms with Crippen molar-refractivity contribution in [2.75, 3.05) is 12.8 Å². The van der Waals surface area contributed by atoms with Gasteiger partial charge in [0, 0.05) is 16.5 Å². The molecule has 0 aliphatic rings. The van der Waals surface area contributed by atoms with Crippen LogP contribution in [0.5, 0.6) is 5.75 Å². The number of ether oxygens (including phenoxy) is 1. The predicted octanol–water partition coefficient (Wildman–Crippen LogP) is 3.69. The molecular weight excluding hydrogens is 274 g/mol. The van der Waals surface area contributed by atoms with Gasteiger partial charge in [-0.1, -0.05) is 32.4 Å². The molecule has 0 radical (unpaired) electrons. The quantitative estimate of drug-likeness (QED) is 0.917. The van der Waals surface area contributed by atoms with Gasteiger partial charge >= 0.3 is 0 Å². The predicted molar refractivity (Wildman–Crippen MR) is 82.1 cm³/mol. The van der Waals surface area contributed by atoms with E-state index >= 15 is 0 Å². The van der Waals surface area contributed by atoms with Crippen LogP contribution in [0.1, 0.15) is 26.5 Å². The number of hydrogen-bond acceptors (Lipinski definition) is 4. The summed E-state index contributed by atoms with van der Waals surface area (Å²) < 4.78 is 5.34. The minimum atomic E-state index is -0.106. The topological polar surface area (TPSA) is 61.0 Å². The Bertz CT molecular complexity index is 636. The monoisotopic (exact) mass is 291 g/mol. The van der Waals surface area contributed by atoms with Crippen LogP contribution in [0.4, 0.5) is 5.82 Å². The second kappa shape index (κ2) is 5.29. The molecule has 0 fully saturated rings. The molecule has 0 saturated carbocycles. The molecule has 4 nitrogen and oxygen atoms in total. The van der Waals surface area contributed by atoms with Gasteiger partial charge in [0.25, 0.3) is 0 Å². The Balaban J connectivity index is 2.61. The lowest BCUT2D eigenvalue weighted by Crippen LogP contribution is -2.15. The van der Waals surface area contributed by atoms with Gasteiger partial charge in [-0.2, -0.15) is 0 Å². The van der Waals surface area contributed by atoms with Gasteiger partial charge in [0.15, 0.2) is 5.82 Å². The number of benzene rings is 1. The minimum Gasteiger partial charge on any atom is -0.496 e. The molecule has 0 unspecified atom stereocenters. The molecule has 5 heteroatoms. The molecule has 0 bridgehead atoms. The highest BCUT2D eigenvalue weighted by atomic mass is 35.5. The number of halogens is 1. The molecule has 0 amide bonds. The molecule has 0 saturated heterocycles. The van der Waals surface area contributed by atoms with E-state index in [9.17, 15) is 0 Å². The molecule has 0 aliphatic carbocycles. The van der Waals surface area contributed by atoms with Crippen molar-refractivity contribution >= 4 is 17.4 Å². The number of aromatic nitrogens is 2. The van der Waals surface area contributed by atoms with E-state index in [2.05, 4.69) is 30.7 Å². The van der Waals surface area contributed by atoms with E-state index < -0.39 is 0 Å². The number of nitrogen functional groups attached to an aromatic ring is 1. The zero-order valence-electron chi connectivity index (χ0n) is 12.1. The Labute approximate surface area is 124 Å². The highest BCUT2D eigenvalue weighted by Crippen LogP contribution is 2.32. The van der Waals surface area contributed by atoms with Crippen LogP contribution in [0.3, 0.4) is 0 Å². The Morgan fingerprint density at radius 1 is 1.15 bits per heavy atom. The summed E-state index contributed by atoms with van der Waals surface area (Å²) in [7, 11) is 1.59. The fourth-order valence-electron chi connectivity index (χ4n) is 1.82. The molecular formula is C15H18ClN3O. The first-order valence-electron chi connectivity index (χ1n) is 6.30. The molecule has 1 heterocycles. The van der Waals surface area contributed by atoms with Gasteiger partial charge in [-0.05, 0) is 18.2 Å². The van der Waals surface area contributed by atoms with Gasteiger partial charge in [-0.15, -0.1) is 0 Å². The van der Waals surface area contributed by atoms with Crippen molar-refractivity contribution in [2.24, 2.45) is 0 Å². The molecule has 20 heavy (non-hydrogen) atoms. The molecule has 2 aromatic rings. The number of nitrogens with zero attached hydrogens (tertiary/aromatic N) is 2. The lowest BCUT2D eigenvalue weighted by atomic mass is 9.92. The Hall–Kier alpha value is -1.81. The van der Waals surface area contributed by atoms with Crippen LogP contribution in [-0.2, 0) is 5.41 Å². The summed E-state index contributed by atoms with van der Waals surface area (Å²) in [4.78, 5) is 8.90. The van der Waals surface area contributed by atoms with Crippen LogP contribution >= 0.6 is 11.6 Å². The summed E-state index contributed by atoms with van der Waals surface area (Å²) in [5.41, 5.74) is 7.45. The molecule has 1 aromatic carbocycles. The zero-order chi connectivity index (χ0) is 14.9. The Morgan fingerprint density at radius 2 is 1.85 bits per heavy atom. The zero-order valence-corrected chi connectivity index (χ0v) is 12.8. The standard InChI is InChI=1S/C15H18ClN3O/c1-15(2,3)12-8-13(17)19-14(18-12)10-6-5-9(16)7-11(10)20-4/h5-8H,1-4H3,(H2,17,18,19). The van der Waals surface area contributed by atoms with Crippen molar-refractivity contribution in [1.82, 2.24) is 9.97 Å². The number of methoxy groups -OCH3 is 1. The average Bonchev–Trinajstić information content (AvgIpc) is 2.36. The van der Waals surface area contributed by atoms with Crippen molar-refractivity contribution in [3.05, 3.63) is 35.0 Å². The van der Waals surface area contributed by atoms with Crippen molar-refractivity contribution in [2.45, 2.75) is 26.2 Å². The minimum absolute atomic E-state index is 0.106. The SMILES string of the molecule is COc1cc(Cl)ccc1-c1nc(N)cc(C(C)(C)C)n1. The fourth-order valence-corrected chi connectivity index (χ4v) is 1.98. The van der Waals surface area contributed by atoms with Crippen LogP contribution in [0.15, 0.2) is 24.3 Å². The molecule has 106 valence electrons. The third-order valence-corrected chi connectivity index (χ3v) is 3.15. The van der Waals surface area contributed by atoms with Gasteiger partial charge in [0.2, 0.25) is 0 Å². The van der Waals surface area contributed by atoms with E-state index in [0.29, 0.717) is 22.4 Å². The lowest BCUT2D eigenvalue weighted by molar-refractivity contribution is 0.416. The number of rotatable bonds is 2. The second-order valence-corrected chi connectivity index (χ2v) is 6.03. The molecule has 2 rings (SSSR count). The fraction of sp³-hybridized carbons (Fsp3) is 0.333. The van der Waals surface area contributed by atoms with Crippen molar-refractivity contribution in [1.29, 1.82) is 0 Å². The first-order valence-corrected chi connectivity index (χ1v) is 6.68. The van der Waals surface area contributed by atoms with E-state index in [1.165, 1.54) is 0 Å². The van der Waals surface area contributed by atoms with Crippen LogP contribution in [-0.4, -0.2) is 17.1 Å². The highest BCUT2D eigenvalue weighted by molar-refractivity contribution is 6.30. The average molecular weight is 292 g/mol. The summed E-state index contributed by atoms with van der Waals surface area (Å²) in [6.07, 6.45) is 0. The van der Waals surface area contributed by atoms with E-state index in [4.69, 9.17) is 22.1 Å². The normalized spacial score (nSPS) is 11.4. The van der Waals surface area contributed by atoms with Crippen LogP contribution in [0.2, 0.25) is 5.02 Å². The smallest absolute Gasteiger partial charge is 0.165 e. The maximum absolute atomic E-state index is 5.97.